The Kier molecular flexibility index (Phi) is 6.18. The molecule has 2 fully saturated rings. The van der Waals surface area contributed by atoms with Gasteiger partial charge in [0.1, 0.15) is 5.69 Å². The van der Waals surface area contributed by atoms with E-state index in [0.717, 1.165) is 25.1 Å². The third-order valence-corrected chi connectivity index (χ3v) is 7.90. The van der Waals surface area contributed by atoms with Crippen LogP contribution in [-0.2, 0) is 29.2 Å². The zero-order valence-electron chi connectivity index (χ0n) is 19.1. The molecule has 0 aliphatic heterocycles. The summed E-state index contributed by atoms with van der Waals surface area (Å²) in [4.78, 5) is 11.0. The predicted octanol–water partition coefficient (Wildman–Crippen LogP) is 3.09. The van der Waals surface area contributed by atoms with Crippen molar-refractivity contribution in [2.45, 2.75) is 81.9 Å². The lowest BCUT2D eigenvalue weighted by atomic mass is 9.95. The molecule has 2 aromatic rings. The highest BCUT2D eigenvalue weighted by molar-refractivity contribution is 5.76. The number of hydrogen-bond donors (Lipinski definition) is 1. The largest absolute Gasteiger partial charge is 0.390 e. The third-order valence-electron chi connectivity index (χ3n) is 7.90. The van der Waals surface area contributed by atoms with Crippen molar-refractivity contribution >= 4 is 6.29 Å². The van der Waals surface area contributed by atoms with Crippen LogP contribution in [0.4, 0.5) is 0 Å². The number of carbonyl (C=O) groups is 1. The van der Waals surface area contributed by atoms with E-state index in [4.69, 9.17) is 9.47 Å². The average Bonchev–Trinajstić information content (AvgIpc) is 3.64. The molecular formula is C24H34N4O4. The Morgan fingerprint density at radius 1 is 0.875 bits per heavy atom. The molecule has 32 heavy (non-hydrogen) atoms. The van der Waals surface area contributed by atoms with Gasteiger partial charge < -0.3 is 14.6 Å². The van der Waals surface area contributed by atoms with Gasteiger partial charge >= 0.3 is 0 Å². The van der Waals surface area contributed by atoms with Crippen LogP contribution in [0.2, 0.25) is 0 Å². The molecule has 1 N–H and O–H groups in total. The van der Waals surface area contributed by atoms with Crippen LogP contribution in [0, 0.1) is 0 Å². The van der Waals surface area contributed by atoms with E-state index in [1.165, 1.54) is 61.0 Å². The van der Waals surface area contributed by atoms with Crippen molar-refractivity contribution in [1.29, 1.82) is 0 Å². The molecule has 8 nitrogen and oxygen atoms in total. The number of hydrogen-bond acceptors (Lipinski definition) is 6. The molecule has 0 radical (unpaired) electrons. The highest BCUT2D eigenvalue weighted by atomic mass is 16.5. The van der Waals surface area contributed by atoms with E-state index in [9.17, 15) is 9.90 Å². The molecule has 4 aliphatic rings. The molecule has 8 heteroatoms. The van der Waals surface area contributed by atoms with Gasteiger partial charge in [0.15, 0.2) is 6.29 Å². The SMILES string of the molecule is COCCn1nc(C=O)c2c1C1CCC2C1.COCCn1nc(CO)c2c1C1CCC2C1. The molecule has 4 aliphatic carbocycles. The number of fused-ring (bicyclic) bond motifs is 10. The number of aliphatic hydroxyl groups excluding tert-OH is 1. The van der Waals surface area contributed by atoms with Gasteiger partial charge in [0.2, 0.25) is 0 Å². The van der Waals surface area contributed by atoms with E-state index < -0.39 is 0 Å². The zero-order valence-corrected chi connectivity index (χ0v) is 19.1. The molecule has 6 rings (SSSR count). The molecule has 4 atom stereocenters. The van der Waals surface area contributed by atoms with Crippen molar-refractivity contribution in [2.75, 3.05) is 27.4 Å². The summed E-state index contributed by atoms with van der Waals surface area (Å²) in [6.07, 6.45) is 8.46. The normalized spacial score (nSPS) is 26.2. The number of rotatable bonds is 8. The Bertz CT molecular complexity index is 981. The lowest BCUT2D eigenvalue weighted by molar-refractivity contribution is 0.111. The maximum Gasteiger partial charge on any atom is 0.170 e. The van der Waals surface area contributed by atoms with E-state index in [0.29, 0.717) is 42.6 Å². The molecule has 0 amide bonds. The van der Waals surface area contributed by atoms with Crippen LogP contribution in [0.5, 0.6) is 0 Å². The minimum atomic E-state index is 0.0749. The van der Waals surface area contributed by atoms with Crippen LogP contribution in [-0.4, -0.2) is 58.4 Å². The van der Waals surface area contributed by atoms with Crippen molar-refractivity contribution in [3.05, 3.63) is 33.9 Å². The summed E-state index contributed by atoms with van der Waals surface area (Å²) in [5.41, 5.74) is 6.86. The number of methoxy groups -OCH3 is 2. The highest BCUT2D eigenvalue weighted by Crippen LogP contribution is 2.54. The average molecular weight is 443 g/mol. The summed E-state index contributed by atoms with van der Waals surface area (Å²) in [5.74, 6) is 2.58. The first kappa shape index (κ1) is 21.8. The van der Waals surface area contributed by atoms with Gasteiger partial charge in [0.05, 0.1) is 38.6 Å². The zero-order chi connectivity index (χ0) is 22.2. The van der Waals surface area contributed by atoms with Crippen molar-refractivity contribution in [2.24, 2.45) is 0 Å². The number of aldehydes is 1. The topological polar surface area (TPSA) is 91.4 Å². The minimum absolute atomic E-state index is 0.0749. The molecule has 0 aromatic carbocycles. The second-order valence-corrected chi connectivity index (χ2v) is 9.55. The molecular weight excluding hydrogens is 408 g/mol. The lowest BCUT2D eigenvalue weighted by Crippen LogP contribution is -2.11. The van der Waals surface area contributed by atoms with Gasteiger partial charge in [-0.25, -0.2) is 0 Å². The van der Waals surface area contributed by atoms with Gasteiger partial charge in [0.25, 0.3) is 0 Å². The number of ether oxygens (including phenoxy) is 2. The molecule has 0 saturated heterocycles. The van der Waals surface area contributed by atoms with Crippen LogP contribution in [0.3, 0.4) is 0 Å². The van der Waals surface area contributed by atoms with E-state index in [1.54, 1.807) is 14.2 Å². The fraction of sp³-hybridized carbons (Fsp3) is 0.708. The van der Waals surface area contributed by atoms with Crippen molar-refractivity contribution < 1.29 is 19.4 Å². The fourth-order valence-corrected chi connectivity index (χ4v) is 6.66. The van der Waals surface area contributed by atoms with Crippen LogP contribution in [0.25, 0.3) is 0 Å². The van der Waals surface area contributed by atoms with Gasteiger partial charge in [-0.15, -0.1) is 0 Å². The number of nitrogens with zero attached hydrogens (tertiary/aromatic N) is 4. The van der Waals surface area contributed by atoms with E-state index in [-0.39, 0.29) is 6.61 Å². The molecule has 174 valence electrons. The van der Waals surface area contributed by atoms with Gasteiger partial charge in [-0.2, -0.15) is 10.2 Å². The van der Waals surface area contributed by atoms with Crippen LogP contribution >= 0.6 is 0 Å². The Morgan fingerprint density at radius 2 is 1.41 bits per heavy atom. The van der Waals surface area contributed by atoms with Crippen LogP contribution < -0.4 is 0 Å². The first-order valence-corrected chi connectivity index (χ1v) is 11.9. The molecule has 2 saturated carbocycles. The fourth-order valence-electron chi connectivity index (χ4n) is 6.66. The number of aliphatic hydroxyl groups is 1. The molecule has 4 unspecified atom stereocenters. The summed E-state index contributed by atoms with van der Waals surface area (Å²) in [5, 5.41) is 18.3. The lowest BCUT2D eigenvalue weighted by Gasteiger charge is -2.13. The van der Waals surface area contributed by atoms with Gasteiger partial charge in [-0.3, -0.25) is 14.2 Å². The standard InChI is InChI=1S/C12H18N2O2.C12H16N2O2/c2*1-16-5-4-14-12-9-3-2-8(6-9)11(12)10(7-15)13-14/h8-9,15H,2-7H2,1H3;7-9H,2-6H2,1H3. The summed E-state index contributed by atoms with van der Waals surface area (Å²) < 4.78 is 14.2. The Labute approximate surface area is 188 Å². The summed E-state index contributed by atoms with van der Waals surface area (Å²) in [6.45, 7) is 2.99. The predicted molar refractivity (Wildman–Crippen MR) is 118 cm³/mol. The molecule has 2 heterocycles. The second kappa shape index (κ2) is 9.08. The number of carbonyl (C=O) groups excluding carboxylic acids is 1. The van der Waals surface area contributed by atoms with Gasteiger partial charge in [-0.1, -0.05) is 0 Å². The van der Waals surface area contributed by atoms with E-state index >= 15 is 0 Å². The molecule has 4 bridgehead atoms. The molecule has 0 spiro atoms. The smallest absolute Gasteiger partial charge is 0.170 e. The first-order valence-electron chi connectivity index (χ1n) is 11.9. The Hall–Kier alpha value is -2.03. The monoisotopic (exact) mass is 442 g/mol. The van der Waals surface area contributed by atoms with Crippen molar-refractivity contribution in [3.63, 3.8) is 0 Å². The van der Waals surface area contributed by atoms with Crippen molar-refractivity contribution in [3.8, 4) is 0 Å². The highest BCUT2D eigenvalue weighted by Gasteiger charge is 2.43. The van der Waals surface area contributed by atoms with E-state index in [2.05, 4.69) is 14.9 Å². The van der Waals surface area contributed by atoms with Crippen molar-refractivity contribution in [1.82, 2.24) is 19.6 Å². The van der Waals surface area contributed by atoms with Gasteiger partial charge in [-0.05, 0) is 50.4 Å². The molecule has 2 aromatic heterocycles. The van der Waals surface area contributed by atoms with Gasteiger partial charge in [0, 0.05) is 48.6 Å². The van der Waals surface area contributed by atoms with Crippen LogP contribution in [0.15, 0.2) is 0 Å². The quantitative estimate of drug-likeness (QED) is 0.632. The summed E-state index contributed by atoms with van der Waals surface area (Å²) >= 11 is 0. The number of aromatic nitrogens is 4. The Balaban J connectivity index is 0.000000135. The maximum atomic E-state index is 11.0. The Morgan fingerprint density at radius 3 is 1.97 bits per heavy atom. The first-order chi connectivity index (χ1) is 15.7. The summed E-state index contributed by atoms with van der Waals surface area (Å²) in [6, 6.07) is 0. The summed E-state index contributed by atoms with van der Waals surface area (Å²) in [7, 11) is 3.40. The maximum absolute atomic E-state index is 11.0. The second-order valence-electron chi connectivity index (χ2n) is 9.55. The van der Waals surface area contributed by atoms with E-state index in [1.807, 2.05) is 4.68 Å². The third kappa shape index (κ3) is 3.53. The van der Waals surface area contributed by atoms with Crippen LogP contribution in [0.1, 0.15) is 101 Å². The minimum Gasteiger partial charge on any atom is -0.390 e.